The molecule has 17 heavy (non-hydrogen) atoms. The van der Waals surface area contributed by atoms with Crippen molar-refractivity contribution in [3.8, 4) is 0 Å². The van der Waals surface area contributed by atoms with Crippen LogP contribution in [0.4, 0.5) is 14.5 Å². The van der Waals surface area contributed by atoms with Gasteiger partial charge in [0.15, 0.2) is 5.11 Å². The number of ether oxygens (including phenoxy) is 1. The number of hydrogen-bond donors (Lipinski definition) is 2. The van der Waals surface area contributed by atoms with Crippen LogP contribution in [0.3, 0.4) is 0 Å². The highest BCUT2D eigenvalue weighted by atomic mass is 32.1. The number of thiocarbonyl (C=S) groups is 1. The Morgan fingerprint density at radius 1 is 1.47 bits per heavy atom. The first-order chi connectivity index (χ1) is 8.02. The molecule has 1 unspecified atom stereocenters. The highest BCUT2D eigenvalue weighted by Crippen LogP contribution is 2.14. The zero-order valence-electron chi connectivity index (χ0n) is 9.59. The van der Waals surface area contributed by atoms with Crippen LogP contribution in [0.1, 0.15) is 6.92 Å². The predicted molar refractivity (Wildman–Crippen MR) is 67.1 cm³/mol. The average molecular weight is 260 g/mol. The van der Waals surface area contributed by atoms with Gasteiger partial charge in [-0.15, -0.1) is 0 Å². The van der Waals surface area contributed by atoms with Crippen LogP contribution >= 0.6 is 12.2 Å². The molecule has 0 aromatic heterocycles. The molecule has 0 aliphatic heterocycles. The van der Waals surface area contributed by atoms with Gasteiger partial charge < -0.3 is 15.4 Å². The SMILES string of the molecule is COCC(C)NC(=S)Nc1ccc(F)cc1F. The highest BCUT2D eigenvalue weighted by molar-refractivity contribution is 7.80. The molecule has 0 spiro atoms. The van der Waals surface area contributed by atoms with Gasteiger partial charge in [-0.2, -0.15) is 0 Å². The molecule has 94 valence electrons. The molecule has 0 heterocycles. The fraction of sp³-hybridized carbons (Fsp3) is 0.364. The van der Waals surface area contributed by atoms with Gasteiger partial charge >= 0.3 is 0 Å². The van der Waals surface area contributed by atoms with Crippen molar-refractivity contribution in [1.29, 1.82) is 0 Å². The lowest BCUT2D eigenvalue weighted by molar-refractivity contribution is 0.179. The molecule has 0 fully saturated rings. The molecule has 6 heteroatoms. The molecule has 2 N–H and O–H groups in total. The van der Waals surface area contributed by atoms with Gasteiger partial charge in [-0.1, -0.05) is 0 Å². The molecule has 0 bridgehead atoms. The van der Waals surface area contributed by atoms with Crippen molar-refractivity contribution >= 4 is 23.0 Å². The van der Waals surface area contributed by atoms with E-state index in [1.807, 2.05) is 6.92 Å². The van der Waals surface area contributed by atoms with Crippen molar-refractivity contribution in [2.24, 2.45) is 0 Å². The summed E-state index contributed by atoms with van der Waals surface area (Å²) in [6.07, 6.45) is 0. The number of rotatable bonds is 4. The number of methoxy groups -OCH3 is 1. The van der Waals surface area contributed by atoms with Crippen molar-refractivity contribution in [3.63, 3.8) is 0 Å². The summed E-state index contributed by atoms with van der Waals surface area (Å²) in [4.78, 5) is 0. The molecule has 0 saturated carbocycles. The van der Waals surface area contributed by atoms with E-state index in [-0.39, 0.29) is 16.8 Å². The van der Waals surface area contributed by atoms with Crippen molar-refractivity contribution in [2.75, 3.05) is 19.0 Å². The van der Waals surface area contributed by atoms with Crippen molar-refractivity contribution < 1.29 is 13.5 Å². The van der Waals surface area contributed by atoms with E-state index in [1.165, 1.54) is 6.07 Å². The van der Waals surface area contributed by atoms with E-state index in [2.05, 4.69) is 10.6 Å². The molecular weight excluding hydrogens is 246 g/mol. The van der Waals surface area contributed by atoms with Crippen LogP contribution in [0.2, 0.25) is 0 Å². The molecule has 0 aliphatic rings. The zero-order valence-corrected chi connectivity index (χ0v) is 10.4. The van der Waals surface area contributed by atoms with Crippen LogP contribution in [-0.4, -0.2) is 24.9 Å². The van der Waals surface area contributed by atoms with Gasteiger partial charge in [-0.25, -0.2) is 8.78 Å². The summed E-state index contributed by atoms with van der Waals surface area (Å²) < 4.78 is 30.9. The maximum absolute atomic E-state index is 13.3. The first kappa shape index (κ1) is 13.8. The molecule has 0 saturated heterocycles. The van der Waals surface area contributed by atoms with Crippen LogP contribution in [0.5, 0.6) is 0 Å². The minimum atomic E-state index is -0.687. The summed E-state index contributed by atoms with van der Waals surface area (Å²) in [6, 6.07) is 3.25. The zero-order chi connectivity index (χ0) is 12.8. The van der Waals surface area contributed by atoms with Crippen molar-refractivity contribution in [3.05, 3.63) is 29.8 Å². The van der Waals surface area contributed by atoms with Gasteiger partial charge in [0, 0.05) is 19.2 Å². The molecule has 3 nitrogen and oxygen atoms in total. The third kappa shape index (κ3) is 4.62. The third-order valence-electron chi connectivity index (χ3n) is 1.97. The lowest BCUT2D eigenvalue weighted by atomic mass is 10.3. The first-order valence-electron chi connectivity index (χ1n) is 5.04. The summed E-state index contributed by atoms with van der Waals surface area (Å²) in [5, 5.41) is 5.82. The Morgan fingerprint density at radius 2 is 2.18 bits per heavy atom. The van der Waals surface area contributed by atoms with Crippen molar-refractivity contribution in [1.82, 2.24) is 5.32 Å². The summed E-state index contributed by atoms with van der Waals surface area (Å²) in [7, 11) is 1.58. The quantitative estimate of drug-likeness (QED) is 0.814. The number of anilines is 1. The molecule has 1 aromatic carbocycles. The number of nitrogens with one attached hydrogen (secondary N) is 2. The minimum Gasteiger partial charge on any atom is -0.383 e. The molecule has 0 amide bonds. The average Bonchev–Trinajstić information content (AvgIpc) is 2.22. The van der Waals surface area contributed by atoms with Gasteiger partial charge in [-0.3, -0.25) is 0 Å². The standard InChI is InChI=1S/C11H14F2N2OS/c1-7(6-16-2)14-11(17)15-10-4-3-8(12)5-9(10)13/h3-5,7H,6H2,1-2H3,(H2,14,15,17). The molecular formula is C11H14F2N2OS. The highest BCUT2D eigenvalue weighted by Gasteiger charge is 2.07. The first-order valence-corrected chi connectivity index (χ1v) is 5.45. The Kier molecular flexibility index (Phi) is 5.24. The molecule has 1 rings (SSSR count). The lowest BCUT2D eigenvalue weighted by Crippen LogP contribution is -2.38. The Balaban J connectivity index is 2.56. The number of hydrogen-bond acceptors (Lipinski definition) is 2. The van der Waals surface area contributed by atoms with Gasteiger partial charge in [-0.05, 0) is 31.3 Å². The van der Waals surface area contributed by atoms with E-state index >= 15 is 0 Å². The summed E-state index contributed by atoms with van der Waals surface area (Å²) in [5.41, 5.74) is 0.133. The Hall–Kier alpha value is -1.27. The van der Waals surface area contributed by atoms with Crippen LogP contribution in [-0.2, 0) is 4.74 Å². The monoisotopic (exact) mass is 260 g/mol. The summed E-state index contributed by atoms with van der Waals surface area (Å²) in [6.45, 7) is 2.35. The van der Waals surface area contributed by atoms with Crippen molar-refractivity contribution in [2.45, 2.75) is 13.0 Å². The largest absolute Gasteiger partial charge is 0.383 e. The Morgan fingerprint density at radius 3 is 2.76 bits per heavy atom. The van der Waals surface area contributed by atoms with E-state index in [4.69, 9.17) is 17.0 Å². The van der Waals surface area contributed by atoms with Crippen LogP contribution in [0.25, 0.3) is 0 Å². The van der Waals surface area contributed by atoms with Crippen LogP contribution < -0.4 is 10.6 Å². The summed E-state index contributed by atoms with van der Waals surface area (Å²) in [5.74, 6) is -1.31. The second kappa shape index (κ2) is 6.46. The lowest BCUT2D eigenvalue weighted by Gasteiger charge is -2.16. The second-order valence-corrected chi connectivity index (χ2v) is 3.99. The van der Waals surface area contributed by atoms with Crippen LogP contribution in [0.15, 0.2) is 18.2 Å². The van der Waals surface area contributed by atoms with E-state index in [0.717, 1.165) is 12.1 Å². The van der Waals surface area contributed by atoms with E-state index in [9.17, 15) is 8.78 Å². The van der Waals surface area contributed by atoms with Gasteiger partial charge in [0.05, 0.1) is 12.3 Å². The molecule has 0 radical (unpaired) electrons. The van der Waals surface area contributed by atoms with E-state index in [1.54, 1.807) is 7.11 Å². The maximum atomic E-state index is 13.3. The Labute approximate surface area is 104 Å². The molecule has 1 aromatic rings. The van der Waals surface area contributed by atoms with Gasteiger partial charge in [0.1, 0.15) is 11.6 Å². The predicted octanol–water partition coefficient (Wildman–Crippen LogP) is 2.29. The fourth-order valence-corrected chi connectivity index (χ4v) is 1.58. The van der Waals surface area contributed by atoms with E-state index < -0.39 is 11.6 Å². The van der Waals surface area contributed by atoms with Gasteiger partial charge in [0.25, 0.3) is 0 Å². The fourth-order valence-electron chi connectivity index (χ4n) is 1.26. The topological polar surface area (TPSA) is 33.3 Å². The molecule has 0 aliphatic carbocycles. The maximum Gasteiger partial charge on any atom is 0.171 e. The minimum absolute atomic E-state index is 0.00325. The van der Waals surface area contributed by atoms with Crippen LogP contribution in [0, 0.1) is 11.6 Å². The Bertz CT molecular complexity index is 401. The number of benzene rings is 1. The van der Waals surface area contributed by atoms with E-state index in [0.29, 0.717) is 6.61 Å². The number of halogens is 2. The third-order valence-corrected chi connectivity index (χ3v) is 2.19. The summed E-state index contributed by atoms with van der Waals surface area (Å²) >= 11 is 4.98. The second-order valence-electron chi connectivity index (χ2n) is 3.58. The molecule has 1 atom stereocenters. The smallest absolute Gasteiger partial charge is 0.171 e. The van der Waals surface area contributed by atoms with Gasteiger partial charge in [0.2, 0.25) is 0 Å². The normalized spacial score (nSPS) is 12.0.